The summed E-state index contributed by atoms with van der Waals surface area (Å²) in [6.45, 7) is 12.0. The zero-order chi connectivity index (χ0) is 53.7. The molecule has 0 amide bonds. The van der Waals surface area contributed by atoms with Crippen LogP contribution in [0.2, 0.25) is 0 Å². The van der Waals surface area contributed by atoms with Crippen LogP contribution in [0.3, 0.4) is 0 Å². The van der Waals surface area contributed by atoms with E-state index in [4.69, 9.17) is 0 Å². The smallest absolute Gasteiger partial charge is 0.0543 e. The lowest BCUT2D eigenvalue weighted by Gasteiger charge is -2.32. The highest BCUT2D eigenvalue weighted by molar-refractivity contribution is 6.11. The molecule has 0 unspecified atom stereocenters. The number of hydrogen-bond donors (Lipinski definition) is 0. The Morgan fingerprint density at radius 1 is 0.304 bits per heavy atom. The normalized spacial score (nSPS) is 13.1. The molecule has 1 nitrogen and oxygen atoms in total. The van der Waals surface area contributed by atoms with Gasteiger partial charge in [0.25, 0.3) is 0 Å². The quantitative estimate of drug-likeness (QED) is 0.139. The second-order valence-corrected chi connectivity index (χ2v) is 22.5. The number of hydrogen-bond acceptors (Lipinski definition) is 1. The lowest BCUT2D eigenvalue weighted by molar-refractivity contribution is 0.601. The van der Waals surface area contributed by atoms with Crippen molar-refractivity contribution < 1.29 is 0 Å². The molecule has 12 aromatic carbocycles. The Morgan fingerprint density at radius 3 is 1.16 bits per heavy atom. The summed E-state index contributed by atoms with van der Waals surface area (Å²) in [6.07, 6.45) is 0.902. The van der Waals surface area contributed by atoms with Crippen LogP contribution in [0.25, 0.3) is 77.5 Å². The maximum atomic E-state index is 2.52. The summed E-state index contributed by atoms with van der Waals surface area (Å²) in [4.78, 5) is 2.48. The van der Waals surface area contributed by atoms with Crippen molar-refractivity contribution in [1.82, 2.24) is 0 Å². The topological polar surface area (TPSA) is 3.24 Å². The zero-order valence-corrected chi connectivity index (χ0v) is 45.7. The van der Waals surface area contributed by atoms with Crippen molar-refractivity contribution >= 4 is 27.8 Å². The fraction of sp³-hybridized carbons (Fsp3) is 0.103. The SMILES string of the molecule is CC1(C)c2cc(Cc3ccc(-c4ccccc4)cc3)ccc2-c2ccc3c(c21)C(C)(C)c1cc(N(c2ccc(-c4ccccc4)cc2)c2ccc(-c4ccccc4)cc2)c2ccccc2c1-3.Cc1ccc(-c2ccccc2)cc1. The van der Waals surface area contributed by atoms with E-state index in [1.165, 1.54) is 122 Å². The lowest BCUT2D eigenvalue weighted by atomic mass is 9.72. The van der Waals surface area contributed by atoms with Gasteiger partial charge in [-0.15, -0.1) is 0 Å². The van der Waals surface area contributed by atoms with Gasteiger partial charge in [0.2, 0.25) is 0 Å². The van der Waals surface area contributed by atoms with Crippen LogP contribution in [0.4, 0.5) is 17.1 Å². The van der Waals surface area contributed by atoms with Gasteiger partial charge < -0.3 is 4.90 Å². The maximum Gasteiger partial charge on any atom is 0.0543 e. The Labute approximate surface area is 466 Å². The van der Waals surface area contributed by atoms with E-state index in [1.807, 2.05) is 6.07 Å². The van der Waals surface area contributed by atoms with Gasteiger partial charge in [-0.25, -0.2) is 0 Å². The molecule has 0 heterocycles. The molecule has 1 heteroatoms. The molecule has 14 rings (SSSR count). The van der Waals surface area contributed by atoms with Crippen molar-refractivity contribution in [1.29, 1.82) is 0 Å². The number of rotatable bonds is 9. The summed E-state index contributed by atoms with van der Waals surface area (Å²) in [7, 11) is 0. The van der Waals surface area contributed by atoms with E-state index in [-0.39, 0.29) is 10.8 Å². The van der Waals surface area contributed by atoms with Gasteiger partial charge in [0.05, 0.1) is 5.69 Å². The highest BCUT2D eigenvalue weighted by Crippen LogP contribution is 2.61. The first-order valence-electron chi connectivity index (χ1n) is 27.9. The van der Waals surface area contributed by atoms with Crippen LogP contribution in [-0.2, 0) is 17.3 Å². The van der Waals surface area contributed by atoms with Crippen molar-refractivity contribution in [3.63, 3.8) is 0 Å². The Kier molecular flexibility index (Phi) is 12.6. The highest BCUT2D eigenvalue weighted by atomic mass is 15.1. The van der Waals surface area contributed by atoms with Gasteiger partial charge in [0.15, 0.2) is 0 Å². The molecule has 0 radical (unpaired) electrons. The van der Waals surface area contributed by atoms with Crippen molar-refractivity contribution in [3.05, 3.63) is 318 Å². The molecule has 2 aliphatic carbocycles. The Bertz CT molecular complexity index is 4050. The molecule has 0 N–H and O–H groups in total. The minimum absolute atomic E-state index is 0.186. The maximum absolute atomic E-state index is 2.52. The molecule has 0 saturated heterocycles. The van der Waals surface area contributed by atoms with Crippen LogP contribution >= 0.6 is 0 Å². The minimum Gasteiger partial charge on any atom is -0.310 e. The van der Waals surface area contributed by atoms with Crippen molar-refractivity contribution in [3.8, 4) is 66.8 Å². The number of fused-ring (bicyclic) bond motifs is 9. The summed E-state index contributed by atoms with van der Waals surface area (Å²) in [6, 6.07) is 102. The van der Waals surface area contributed by atoms with E-state index in [0.29, 0.717) is 0 Å². The number of nitrogens with zero attached hydrogens (tertiary/aromatic N) is 1. The molecule has 0 spiro atoms. The van der Waals surface area contributed by atoms with Gasteiger partial charge in [-0.1, -0.05) is 282 Å². The first-order chi connectivity index (χ1) is 38.6. The standard InChI is InChI=1S/C65H51N.C13H12/c1-64(2)58-41-44(40-43-24-27-48(28-25-43)45-16-8-5-9-17-45)26-37-53(58)56-38-39-57-61-55-23-15-14-22-54(55)60(42-59(61)65(3,4)63(57)62(56)64)66(51-33-29-49(30-34-51)46-18-10-6-11-19-46)52-35-31-50(32-36-52)47-20-12-7-13-21-47;1-11-7-9-13(10-8-11)12-5-3-2-4-6-12/h5-39,41-42H,40H2,1-4H3;2-10H,1H3. The summed E-state index contributed by atoms with van der Waals surface area (Å²) in [5.41, 5.74) is 28.1. The van der Waals surface area contributed by atoms with Crippen LogP contribution in [0.15, 0.2) is 279 Å². The first-order valence-corrected chi connectivity index (χ1v) is 27.9. The average Bonchev–Trinajstić information content (AvgIpc) is 2.38. The predicted octanol–water partition coefficient (Wildman–Crippen LogP) is 21.2. The Balaban J connectivity index is 0.000000399. The molecule has 0 atom stereocenters. The molecule has 0 saturated carbocycles. The lowest BCUT2D eigenvalue weighted by Crippen LogP contribution is -2.24. The largest absolute Gasteiger partial charge is 0.310 e. The first kappa shape index (κ1) is 49.3. The van der Waals surface area contributed by atoms with Crippen molar-refractivity contribution in [2.24, 2.45) is 0 Å². The third kappa shape index (κ3) is 9.06. The van der Waals surface area contributed by atoms with E-state index in [1.54, 1.807) is 0 Å². The second kappa shape index (κ2) is 20.2. The summed E-state index contributed by atoms with van der Waals surface area (Å²) >= 11 is 0. The molecular weight excluding hydrogens is 951 g/mol. The van der Waals surface area contributed by atoms with Crippen LogP contribution in [0.1, 0.15) is 66.6 Å². The third-order valence-electron chi connectivity index (χ3n) is 16.8. The van der Waals surface area contributed by atoms with Gasteiger partial charge >= 0.3 is 0 Å². The Morgan fingerprint density at radius 2 is 0.671 bits per heavy atom. The molecule has 2 aliphatic rings. The van der Waals surface area contributed by atoms with Crippen molar-refractivity contribution in [2.75, 3.05) is 4.90 Å². The summed E-state index contributed by atoms with van der Waals surface area (Å²) < 4.78 is 0. The third-order valence-corrected chi connectivity index (χ3v) is 16.8. The Hall–Kier alpha value is -9.30. The highest BCUT2D eigenvalue weighted by Gasteiger charge is 2.46. The summed E-state index contributed by atoms with van der Waals surface area (Å²) in [5, 5.41) is 2.53. The molecule has 12 aromatic rings. The van der Waals surface area contributed by atoms with E-state index in [2.05, 4.69) is 313 Å². The second-order valence-electron chi connectivity index (χ2n) is 22.5. The average molecular weight is 1010 g/mol. The van der Waals surface area contributed by atoms with E-state index in [9.17, 15) is 0 Å². The van der Waals surface area contributed by atoms with Gasteiger partial charge in [0, 0.05) is 27.6 Å². The van der Waals surface area contributed by atoms with Gasteiger partial charge in [-0.2, -0.15) is 0 Å². The van der Waals surface area contributed by atoms with Gasteiger partial charge in [-0.3, -0.25) is 0 Å². The molecular formula is C78H63N. The van der Waals surface area contributed by atoms with E-state index in [0.717, 1.165) is 17.8 Å². The zero-order valence-electron chi connectivity index (χ0n) is 45.7. The molecule has 0 fully saturated rings. The number of benzene rings is 12. The molecule has 380 valence electrons. The molecule has 0 bridgehead atoms. The van der Waals surface area contributed by atoms with Crippen LogP contribution in [0.5, 0.6) is 0 Å². The fourth-order valence-electron chi connectivity index (χ4n) is 12.7. The monoisotopic (exact) mass is 1010 g/mol. The van der Waals surface area contributed by atoms with Crippen molar-refractivity contribution in [2.45, 2.75) is 51.9 Å². The van der Waals surface area contributed by atoms with Gasteiger partial charge in [0.1, 0.15) is 0 Å². The number of aryl methyl sites for hydroxylation is 1. The van der Waals surface area contributed by atoms with E-state index < -0.39 is 0 Å². The molecule has 79 heavy (non-hydrogen) atoms. The molecule has 0 aromatic heterocycles. The van der Waals surface area contributed by atoms with Crippen LogP contribution in [-0.4, -0.2) is 0 Å². The fourth-order valence-corrected chi connectivity index (χ4v) is 12.7. The summed E-state index contributed by atoms with van der Waals surface area (Å²) in [5.74, 6) is 0. The predicted molar refractivity (Wildman–Crippen MR) is 336 cm³/mol. The van der Waals surface area contributed by atoms with E-state index >= 15 is 0 Å². The molecule has 0 aliphatic heterocycles. The number of anilines is 3. The van der Waals surface area contributed by atoms with Crippen LogP contribution < -0.4 is 4.90 Å². The van der Waals surface area contributed by atoms with Gasteiger partial charge in [-0.05, 0) is 149 Å². The van der Waals surface area contributed by atoms with Crippen LogP contribution in [0, 0.1) is 6.92 Å². The minimum atomic E-state index is -0.266.